The first-order valence-corrected chi connectivity index (χ1v) is 18.5. The van der Waals surface area contributed by atoms with Gasteiger partial charge in [-0.3, -0.25) is 4.79 Å². The molecule has 0 aliphatic carbocycles. The molecule has 7 aromatic rings. The Morgan fingerprint density at radius 3 is 0.804 bits per heavy atom. The van der Waals surface area contributed by atoms with Gasteiger partial charge >= 0.3 is 5.97 Å². The summed E-state index contributed by atoms with van der Waals surface area (Å²) in [5.74, 6) is -1.25. The highest BCUT2D eigenvalue weighted by Gasteiger charge is 2.18. The number of aliphatic carboxylic acids is 1. The van der Waals surface area contributed by atoms with Crippen LogP contribution in [0.15, 0.2) is 176 Å². The van der Waals surface area contributed by atoms with Gasteiger partial charge in [-0.25, -0.2) is 4.85 Å². The number of nitrogens with zero attached hydrogens (tertiary/aromatic N) is 4. The monoisotopic (exact) mass is 730 g/mol. The molecule has 0 amide bonds. The van der Waals surface area contributed by atoms with Gasteiger partial charge in [0.15, 0.2) is 0 Å². The van der Waals surface area contributed by atoms with E-state index in [2.05, 4.69) is 193 Å². The molecule has 0 aliphatic rings. The Balaban J connectivity index is 1.30. The molecule has 56 heavy (non-hydrogen) atoms. The van der Waals surface area contributed by atoms with Crippen LogP contribution in [0.25, 0.3) is 10.9 Å². The first-order valence-electron chi connectivity index (χ1n) is 18.5. The number of anilines is 9. The fourth-order valence-electron chi connectivity index (χ4n) is 6.64. The summed E-state index contributed by atoms with van der Waals surface area (Å²) in [6.45, 7) is 15.7. The average molecular weight is 731 g/mol. The molecule has 6 nitrogen and oxygen atoms in total. The highest BCUT2D eigenvalue weighted by Crippen LogP contribution is 2.41. The van der Waals surface area contributed by atoms with Crippen molar-refractivity contribution >= 4 is 63.2 Å². The zero-order chi connectivity index (χ0) is 39.2. The van der Waals surface area contributed by atoms with Crippen molar-refractivity contribution in [3.8, 4) is 0 Å². The van der Waals surface area contributed by atoms with Crippen LogP contribution in [0, 0.1) is 34.3 Å². The van der Waals surface area contributed by atoms with E-state index in [1.54, 1.807) is 0 Å². The summed E-state index contributed by atoms with van der Waals surface area (Å²) in [4.78, 5) is 21.4. The normalized spacial score (nSPS) is 11.1. The van der Waals surface area contributed by atoms with Crippen molar-refractivity contribution in [2.24, 2.45) is 0 Å². The van der Waals surface area contributed by atoms with Gasteiger partial charge in [-0.2, -0.15) is 0 Å². The van der Waals surface area contributed by atoms with Gasteiger partial charge in [0, 0.05) is 51.2 Å². The lowest BCUT2D eigenvalue weighted by Gasteiger charge is -2.29. The molecule has 0 heterocycles. The molecular formula is C50H42N4O2. The Morgan fingerprint density at radius 2 is 0.607 bits per heavy atom. The third kappa shape index (κ3) is 8.23. The summed E-state index contributed by atoms with van der Waals surface area (Å²) in [5.41, 5.74) is 14.2. The molecule has 0 bridgehead atoms. The molecular weight excluding hydrogens is 689 g/mol. The van der Waals surface area contributed by atoms with Crippen LogP contribution in [0.2, 0.25) is 0 Å². The van der Waals surface area contributed by atoms with Gasteiger partial charge in [0.2, 0.25) is 0 Å². The maximum atomic E-state index is 11.6. The number of hydrogen-bond acceptors (Lipinski definition) is 4. The summed E-state index contributed by atoms with van der Waals surface area (Å²) >= 11 is 0. The zero-order valence-electron chi connectivity index (χ0n) is 31.9. The number of benzene rings is 7. The number of rotatable bonds is 11. The molecule has 7 rings (SSSR count). The molecule has 7 aromatic carbocycles. The maximum Gasteiger partial charge on any atom is 0.333 e. The second kappa shape index (κ2) is 16.3. The van der Waals surface area contributed by atoms with E-state index in [4.69, 9.17) is 6.57 Å². The highest BCUT2D eigenvalue weighted by molar-refractivity contribution is 5.94. The predicted octanol–water partition coefficient (Wildman–Crippen LogP) is 13.7. The van der Waals surface area contributed by atoms with E-state index in [1.807, 2.05) is 24.3 Å². The molecule has 0 saturated heterocycles. The maximum absolute atomic E-state index is 11.6. The van der Waals surface area contributed by atoms with Crippen LogP contribution in [0.4, 0.5) is 51.2 Å². The van der Waals surface area contributed by atoms with Crippen molar-refractivity contribution in [3.63, 3.8) is 0 Å². The second-order valence-corrected chi connectivity index (χ2v) is 13.9. The van der Waals surface area contributed by atoms with Crippen molar-refractivity contribution in [1.82, 2.24) is 0 Å². The topological polar surface area (TPSA) is 51.4 Å². The van der Waals surface area contributed by atoms with Crippen LogP contribution in [0.3, 0.4) is 0 Å². The van der Waals surface area contributed by atoms with E-state index < -0.39 is 5.97 Å². The Hall–Kier alpha value is -7.36. The van der Waals surface area contributed by atoms with Gasteiger partial charge in [0.1, 0.15) is 0 Å². The molecule has 0 spiro atoms. The number of carboxylic acids is 1. The average Bonchev–Trinajstić information content (AvgIpc) is 3.21. The van der Waals surface area contributed by atoms with Crippen molar-refractivity contribution in [1.29, 1.82) is 0 Å². The van der Waals surface area contributed by atoms with E-state index in [9.17, 15) is 9.90 Å². The van der Waals surface area contributed by atoms with Gasteiger partial charge in [0.05, 0.1) is 6.57 Å². The fraction of sp³-hybridized carbons (Fsp3) is 0.0800. The van der Waals surface area contributed by atoms with Crippen LogP contribution in [0.5, 0.6) is 0 Å². The van der Waals surface area contributed by atoms with Crippen molar-refractivity contribution in [2.75, 3.05) is 14.7 Å². The number of carbonyl (C=O) groups is 1. The first kappa shape index (κ1) is 37.0. The van der Waals surface area contributed by atoms with E-state index in [0.29, 0.717) is 5.56 Å². The van der Waals surface area contributed by atoms with Crippen LogP contribution < -0.4 is 14.7 Å². The summed E-state index contributed by atoms with van der Waals surface area (Å²) in [7, 11) is 0. The molecule has 0 radical (unpaired) electrons. The summed E-state index contributed by atoms with van der Waals surface area (Å²) < 4.78 is 0. The molecule has 0 saturated carbocycles. The number of carboxylic acid groups (broad SMARTS) is 1. The van der Waals surface area contributed by atoms with Crippen LogP contribution in [-0.2, 0) is 4.79 Å². The third-order valence-electron chi connectivity index (χ3n) is 9.70. The molecule has 274 valence electrons. The van der Waals surface area contributed by atoms with E-state index >= 15 is 0 Å². The molecule has 0 aliphatic heterocycles. The summed E-state index contributed by atoms with van der Waals surface area (Å²) in [5, 5.41) is 9.44. The van der Waals surface area contributed by atoms with Crippen molar-refractivity contribution in [2.45, 2.75) is 27.7 Å². The largest absolute Gasteiger partial charge is 0.486 e. The third-order valence-corrected chi connectivity index (χ3v) is 9.70. The second-order valence-electron chi connectivity index (χ2n) is 13.9. The minimum absolute atomic E-state index is 0.334. The standard InChI is InChI=1S/C50H42N4O2/c1-35-6-16-40(17-7-35)52(41-18-8-36(2)9-19-41)45-26-30-47(31-27-45)54(44-24-14-39(15-25-44)34-49(51-5)50(55)56)48-32-28-46(29-33-48)53(42-20-10-37(3)11-21-42)43-22-12-38(4)13-23-43/h6-34H,1-4H3,(H,55,56)/b49-34-. The predicted molar refractivity (Wildman–Crippen MR) is 232 cm³/mol. The molecule has 0 atom stereocenters. The minimum atomic E-state index is -1.25. The van der Waals surface area contributed by atoms with Crippen molar-refractivity contribution < 1.29 is 9.90 Å². The molecule has 0 aromatic heterocycles. The molecule has 0 unspecified atom stereocenters. The highest BCUT2D eigenvalue weighted by atomic mass is 16.4. The van der Waals surface area contributed by atoms with Gasteiger partial charge in [-0.15, -0.1) is 0 Å². The Labute approximate surface area is 329 Å². The first-order chi connectivity index (χ1) is 27.2. The minimum Gasteiger partial charge on any atom is -0.486 e. The molecule has 0 fully saturated rings. The lowest BCUT2D eigenvalue weighted by molar-refractivity contribution is -0.132. The van der Waals surface area contributed by atoms with Crippen LogP contribution >= 0.6 is 0 Å². The SMILES string of the molecule is [C-]#[N+]/C(=C\c1ccc(N(c2ccc(N(c3ccc(C)cc3)c3ccc(C)cc3)cc2)c2ccc(N(c3ccc(C)cc3)c3ccc(C)cc3)cc2)cc1)C(=O)O. The van der Waals surface area contributed by atoms with Crippen LogP contribution in [-0.4, -0.2) is 11.1 Å². The Kier molecular flexibility index (Phi) is 10.8. The number of hydrogen-bond donors (Lipinski definition) is 1. The van der Waals surface area contributed by atoms with E-state index in [0.717, 1.165) is 51.2 Å². The van der Waals surface area contributed by atoms with E-state index in [-0.39, 0.29) is 5.70 Å². The summed E-state index contributed by atoms with van der Waals surface area (Å²) in [6, 6.07) is 58.8. The van der Waals surface area contributed by atoms with Crippen molar-refractivity contribution in [3.05, 3.63) is 215 Å². The lowest BCUT2D eigenvalue weighted by atomic mass is 10.1. The Morgan fingerprint density at radius 1 is 0.411 bits per heavy atom. The van der Waals surface area contributed by atoms with Gasteiger partial charge < -0.3 is 19.8 Å². The van der Waals surface area contributed by atoms with Gasteiger partial charge in [-0.1, -0.05) is 82.9 Å². The zero-order valence-corrected chi connectivity index (χ0v) is 31.9. The van der Waals surface area contributed by atoms with Crippen LogP contribution in [0.1, 0.15) is 27.8 Å². The quantitative estimate of drug-likeness (QED) is 0.106. The van der Waals surface area contributed by atoms with Gasteiger partial charge in [-0.05, 0) is 149 Å². The summed E-state index contributed by atoms with van der Waals surface area (Å²) in [6.07, 6.45) is 1.39. The number of aryl methyl sites for hydroxylation is 4. The van der Waals surface area contributed by atoms with E-state index in [1.165, 1.54) is 28.3 Å². The molecule has 6 heteroatoms. The smallest absolute Gasteiger partial charge is 0.333 e. The Bertz CT molecular complexity index is 2270. The molecule has 1 N–H and O–H groups in total. The van der Waals surface area contributed by atoms with Gasteiger partial charge in [0.25, 0.3) is 5.70 Å². The lowest BCUT2D eigenvalue weighted by Crippen LogP contribution is -2.13. The fourth-order valence-corrected chi connectivity index (χ4v) is 6.64.